The number of hydrogen-bond donors (Lipinski definition) is 1. The fraction of sp³-hybridized carbons (Fsp3) is 0.238. The molecule has 9 nitrogen and oxygen atoms in total. The number of anilines is 1. The van der Waals surface area contributed by atoms with Crippen LogP contribution in [0.25, 0.3) is 11.0 Å². The maximum atomic E-state index is 13.1. The fourth-order valence-electron chi connectivity index (χ4n) is 3.29. The quantitative estimate of drug-likeness (QED) is 0.445. The summed E-state index contributed by atoms with van der Waals surface area (Å²) in [6.07, 6.45) is 1.75. The first-order chi connectivity index (χ1) is 15.0. The summed E-state index contributed by atoms with van der Waals surface area (Å²) in [6.45, 7) is 2.54. The standard InChI is InChI=1S/C21H22N4O5S/c1-13-8-9-22-25(13)12-14-10-17(29-4)19-18(11-14)30-23-21(19)24-31(26)20-15(27-2)6-5-7-16(20)28-3/h5-11H,12H2,1-4H3,(H,23,24). The molecule has 0 saturated heterocycles. The Morgan fingerprint density at radius 2 is 1.77 bits per heavy atom. The van der Waals surface area contributed by atoms with E-state index in [1.54, 1.807) is 31.5 Å². The van der Waals surface area contributed by atoms with Crippen molar-refractivity contribution in [1.29, 1.82) is 0 Å². The molecule has 0 spiro atoms. The lowest BCUT2D eigenvalue weighted by atomic mass is 10.1. The van der Waals surface area contributed by atoms with Gasteiger partial charge in [0.1, 0.15) is 27.5 Å². The summed E-state index contributed by atoms with van der Waals surface area (Å²) < 4.78 is 39.7. The molecule has 0 aliphatic rings. The minimum absolute atomic E-state index is 0.292. The van der Waals surface area contributed by atoms with E-state index in [0.29, 0.717) is 45.5 Å². The number of nitrogens with one attached hydrogen (secondary N) is 1. The number of nitrogens with zero attached hydrogens (tertiary/aromatic N) is 3. The third-order valence-electron chi connectivity index (χ3n) is 4.84. The van der Waals surface area contributed by atoms with E-state index < -0.39 is 11.0 Å². The zero-order valence-corrected chi connectivity index (χ0v) is 18.4. The van der Waals surface area contributed by atoms with Gasteiger partial charge in [0.15, 0.2) is 22.4 Å². The molecular weight excluding hydrogens is 420 g/mol. The van der Waals surface area contributed by atoms with Crippen molar-refractivity contribution >= 4 is 27.8 Å². The molecule has 2 aromatic carbocycles. The summed E-state index contributed by atoms with van der Waals surface area (Å²) in [6, 6.07) is 10.9. The highest BCUT2D eigenvalue weighted by Crippen LogP contribution is 2.37. The predicted molar refractivity (Wildman–Crippen MR) is 116 cm³/mol. The highest BCUT2D eigenvalue weighted by atomic mass is 32.2. The third kappa shape index (κ3) is 3.93. The average molecular weight is 442 g/mol. The van der Waals surface area contributed by atoms with Crippen LogP contribution in [0.5, 0.6) is 17.2 Å². The van der Waals surface area contributed by atoms with Crippen LogP contribution < -0.4 is 18.9 Å². The SMILES string of the molecule is COc1cccc(OC)c1S(=O)Nc1noc2cc(Cn3nccc3C)cc(OC)c12. The monoisotopic (exact) mass is 442 g/mol. The van der Waals surface area contributed by atoms with Crippen molar-refractivity contribution < 1.29 is 22.9 Å². The van der Waals surface area contributed by atoms with Crippen LogP contribution in [-0.2, 0) is 17.5 Å². The van der Waals surface area contributed by atoms with E-state index in [-0.39, 0.29) is 0 Å². The van der Waals surface area contributed by atoms with Crippen LogP contribution in [0, 0.1) is 6.92 Å². The fourth-order valence-corrected chi connectivity index (χ4v) is 4.37. The Hall–Kier alpha value is -3.53. The first-order valence-corrected chi connectivity index (χ1v) is 10.5. The second-order valence-corrected chi connectivity index (χ2v) is 7.84. The van der Waals surface area contributed by atoms with Crippen LogP contribution in [0.4, 0.5) is 5.82 Å². The van der Waals surface area contributed by atoms with Gasteiger partial charge >= 0.3 is 0 Å². The van der Waals surface area contributed by atoms with Gasteiger partial charge in [0, 0.05) is 11.9 Å². The van der Waals surface area contributed by atoms with Crippen LogP contribution in [-0.4, -0.2) is 40.5 Å². The lowest BCUT2D eigenvalue weighted by Crippen LogP contribution is -2.09. The zero-order chi connectivity index (χ0) is 22.0. The molecule has 4 rings (SSSR count). The van der Waals surface area contributed by atoms with Crippen molar-refractivity contribution in [3.05, 3.63) is 53.9 Å². The Balaban J connectivity index is 1.70. The van der Waals surface area contributed by atoms with Gasteiger partial charge in [-0.3, -0.25) is 9.40 Å². The molecule has 0 amide bonds. The van der Waals surface area contributed by atoms with Crippen LogP contribution in [0.2, 0.25) is 0 Å². The first-order valence-electron chi connectivity index (χ1n) is 9.39. The number of benzene rings is 2. The van der Waals surface area contributed by atoms with Crippen molar-refractivity contribution in [1.82, 2.24) is 14.9 Å². The van der Waals surface area contributed by atoms with Gasteiger partial charge in [-0.05, 0) is 42.8 Å². The zero-order valence-electron chi connectivity index (χ0n) is 17.5. The minimum atomic E-state index is -1.73. The summed E-state index contributed by atoms with van der Waals surface area (Å²) in [4.78, 5) is 0.369. The minimum Gasteiger partial charge on any atom is -0.496 e. The molecule has 0 bridgehead atoms. The Kier molecular flexibility index (Phi) is 5.81. The van der Waals surface area contributed by atoms with Crippen molar-refractivity contribution in [3.8, 4) is 17.2 Å². The Labute approximate surface area is 181 Å². The molecule has 0 aliphatic carbocycles. The summed E-state index contributed by atoms with van der Waals surface area (Å²) >= 11 is 0. The topological polar surface area (TPSA) is 101 Å². The number of fused-ring (bicyclic) bond motifs is 1. The van der Waals surface area contributed by atoms with Gasteiger partial charge in [-0.15, -0.1) is 0 Å². The summed E-state index contributed by atoms with van der Waals surface area (Å²) in [7, 11) is 2.85. The number of aromatic nitrogens is 3. The van der Waals surface area contributed by atoms with E-state index in [4.69, 9.17) is 18.7 Å². The van der Waals surface area contributed by atoms with Crippen molar-refractivity contribution in [2.24, 2.45) is 0 Å². The number of rotatable bonds is 8. The Morgan fingerprint density at radius 1 is 1.06 bits per heavy atom. The Bertz CT molecular complexity index is 1230. The molecule has 31 heavy (non-hydrogen) atoms. The number of hydrogen-bond acceptors (Lipinski definition) is 7. The van der Waals surface area contributed by atoms with E-state index in [1.165, 1.54) is 14.2 Å². The summed E-state index contributed by atoms with van der Waals surface area (Å²) in [5.74, 6) is 1.70. The van der Waals surface area contributed by atoms with Gasteiger partial charge in [-0.25, -0.2) is 4.21 Å². The van der Waals surface area contributed by atoms with Crippen LogP contribution in [0.15, 0.2) is 52.0 Å². The molecule has 1 unspecified atom stereocenters. The van der Waals surface area contributed by atoms with Crippen molar-refractivity contribution in [3.63, 3.8) is 0 Å². The summed E-state index contributed by atoms with van der Waals surface area (Å²) in [5, 5.41) is 8.97. The van der Waals surface area contributed by atoms with Crippen molar-refractivity contribution in [2.75, 3.05) is 26.1 Å². The molecular formula is C21H22N4O5S. The van der Waals surface area contributed by atoms with E-state index in [1.807, 2.05) is 29.8 Å². The third-order valence-corrected chi connectivity index (χ3v) is 5.99. The molecule has 2 aromatic heterocycles. The first kappa shape index (κ1) is 20.7. The van der Waals surface area contributed by atoms with Gasteiger partial charge in [0.05, 0.1) is 27.9 Å². The molecule has 2 heterocycles. The maximum Gasteiger partial charge on any atom is 0.193 e. The van der Waals surface area contributed by atoms with Crippen LogP contribution in [0.3, 0.4) is 0 Å². The van der Waals surface area contributed by atoms with Gasteiger partial charge in [-0.1, -0.05) is 11.2 Å². The lowest BCUT2D eigenvalue weighted by Gasteiger charge is -2.13. The van der Waals surface area contributed by atoms with Gasteiger partial charge in [0.25, 0.3) is 0 Å². The van der Waals surface area contributed by atoms with Gasteiger partial charge in [0.2, 0.25) is 0 Å². The smallest absolute Gasteiger partial charge is 0.193 e. The van der Waals surface area contributed by atoms with Crippen LogP contribution in [0.1, 0.15) is 11.3 Å². The highest BCUT2D eigenvalue weighted by molar-refractivity contribution is 7.86. The maximum absolute atomic E-state index is 13.1. The highest BCUT2D eigenvalue weighted by Gasteiger charge is 2.22. The number of methoxy groups -OCH3 is 3. The second kappa shape index (κ2) is 8.68. The normalized spacial score (nSPS) is 12.0. The number of ether oxygens (including phenoxy) is 3. The Morgan fingerprint density at radius 3 is 2.39 bits per heavy atom. The molecule has 0 saturated carbocycles. The second-order valence-electron chi connectivity index (χ2n) is 6.70. The molecule has 10 heteroatoms. The van der Waals surface area contributed by atoms with Crippen molar-refractivity contribution in [2.45, 2.75) is 18.4 Å². The van der Waals surface area contributed by atoms with Crippen LogP contribution >= 0.6 is 0 Å². The predicted octanol–water partition coefficient (Wildman–Crippen LogP) is 3.54. The summed E-state index contributed by atoms with van der Waals surface area (Å²) in [5.41, 5.74) is 2.48. The van der Waals surface area contributed by atoms with Gasteiger partial charge in [-0.2, -0.15) is 5.10 Å². The largest absolute Gasteiger partial charge is 0.496 e. The molecule has 0 fully saturated rings. The van der Waals surface area contributed by atoms with E-state index >= 15 is 0 Å². The van der Waals surface area contributed by atoms with E-state index in [2.05, 4.69) is 15.0 Å². The molecule has 4 aromatic rings. The molecule has 0 radical (unpaired) electrons. The number of aryl methyl sites for hydroxylation is 1. The molecule has 0 aliphatic heterocycles. The lowest BCUT2D eigenvalue weighted by molar-refractivity contribution is 0.375. The van der Waals surface area contributed by atoms with E-state index in [9.17, 15) is 4.21 Å². The molecule has 1 N–H and O–H groups in total. The molecule has 162 valence electrons. The van der Waals surface area contributed by atoms with E-state index in [0.717, 1.165) is 11.3 Å². The average Bonchev–Trinajstić information content (AvgIpc) is 3.38. The molecule has 1 atom stereocenters. The van der Waals surface area contributed by atoms with Gasteiger partial charge < -0.3 is 18.7 Å².